The fraction of sp³-hybridized carbons (Fsp3) is 1.00. The van der Waals surface area contributed by atoms with Crippen molar-refractivity contribution in [3.05, 3.63) is 0 Å². The molecule has 0 unspecified atom stereocenters. The minimum absolute atomic E-state index is 0.131. The number of hydrogen-bond acceptors (Lipinski definition) is 1. The van der Waals surface area contributed by atoms with Crippen molar-refractivity contribution in [3.8, 4) is 0 Å². The van der Waals surface area contributed by atoms with E-state index in [2.05, 4.69) is 52.3 Å². The van der Waals surface area contributed by atoms with Crippen LogP contribution in [0.4, 0.5) is 0 Å². The molecule has 0 fully saturated rings. The van der Waals surface area contributed by atoms with E-state index in [0.29, 0.717) is 5.41 Å². The predicted octanol–water partition coefficient (Wildman–Crippen LogP) is 3.58. The molecule has 2 heteroatoms. The van der Waals surface area contributed by atoms with E-state index in [0.717, 1.165) is 25.9 Å². The van der Waals surface area contributed by atoms with Crippen LogP contribution in [0.25, 0.3) is 0 Å². The molecule has 80 valence electrons. The quantitative estimate of drug-likeness (QED) is 0.560. The molecule has 0 aliphatic carbocycles. The third kappa shape index (κ3) is 4.39. The second kappa shape index (κ2) is 6.21. The van der Waals surface area contributed by atoms with Crippen LogP contribution in [0.3, 0.4) is 0 Å². The van der Waals surface area contributed by atoms with Gasteiger partial charge in [0.1, 0.15) is 0 Å². The van der Waals surface area contributed by atoms with Gasteiger partial charge in [0.25, 0.3) is 0 Å². The van der Waals surface area contributed by atoms with Crippen molar-refractivity contribution >= 4 is 17.7 Å². The summed E-state index contributed by atoms with van der Waals surface area (Å²) in [6.07, 6.45) is 3.37. The van der Waals surface area contributed by atoms with Crippen molar-refractivity contribution in [2.75, 3.05) is 6.61 Å². The molecule has 0 aromatic carbocycles. The summed E-state index contributed by atoms with van der Waals surface area (Å²) in [7, 11) is 0. The van der Waals surface area contributed by atoms with Crippen LogP contribution >= 0.6 is 0 Å². The first-order chi connectivity index (χ1) is 6.45. The van der Waals surface area contributed by atoms with Gasteiger partial charge in [0, 0.05) is 0 Å². The predicted molar refractivity (Wildman–Crippen MR) is 63.9 cm³/mol. The van der Waals surface area contributed by atoms with Crippen LogP contribution < -0.4 is 0 Å². The van der Waals surface area contributed by atoms with Crippen LogP contribution in [0.15, 0.2) is 0 Å². The van der Waals surface area contributed by atoms with Crippen molar-refractivity contribution in [1.82, 2.24) is 0 Å². The second-order valence-electron chi connectivity index (χ2n) is 5.05. The van der Waals surface area contributed by atoms with Crippen LogP contribution in [0.2, 0.25) is 5.09 Å². The van der Waals surface area contributed by atoms with Gasteiger partial charge in [-0.2, -0.15) is 0 Å². The van der Waals surface area contributed by atoms with Gasteiger partial charge in [0.2, 0.25) is 0 Å². The Kier molecular flexibility index (Phi) is 6.46. The normalized spacial score (nSPS) is 13.4. The molecular formula is C12H25LiO. The molecule has 0 bridgehead atoms. The minimum atomic E-state index is 0.131. The first kappa shape index (κ1) is 14.6. The zero-order valence-electron chi connectivity index (χ0n) is 10.9. The molecule has 0 amide bonds. The van der Waals surface area contributed by atoms with Gasteiger partial charge in [-0.15, -0.1) is 0 Å². The monoisotopic (exact) mass is 192 g/mol. The Morgan fingerprint density at radius 1 is 1.00 bits per heavy atom. The summed E-state index contributed by atoms with van der Waals surface area (Å²) >= 11 is 2.23. The van der Waals surface area contributed by atoms with E-state index >= 15 is 0 Å². The van der Waals surface area contributed by atoms with E-state index < -0.39 is 0 Å². The third-order valence-corrected chi connectivity index (χ3v) is 3.66. The Bertz CT molecular complexity index is 142. The second-order valence-corrected chi connectivity index (χ2v) is 5.05. The van der Waals surface area contributed by atoms with Gasteiger partial charge >= 0.3 is 99.0 Å². The van der Waals surface area contributed by atoms with Gasteiger partial charge in [-0.25, -0.2) is 0 Å². The Hall–Kier alpha value is 0.557. The van der Waals surface area contributed by atoms with Crippen molar-refractivity contribution in [1.29, 1.82) is 0 Å². The molecule has 1 nitrogen and oxygen atoms in total. The van der Waals surface area contributed by atoms with E-state index in [1.807, 2.05) is 0 Å². The summed E-state index contributed by atoms with van der Waals surface area (Å²) in [6, 6.07) is 0. The van der Waals surface area contributed by atoms with Gasteiger partial charge in [0.15, 0.2) is 0 Å². The van der Waals surface area contributed by atoms with Crippen molar-refractivity contribution in [3.63, 3.8) is 0 Å². The van der Waals surface area contributed by atoms with Gasteiger partial charge < -0.3 is 0 Å². The molecule has 0 saturated carbocycles. The van der Waals surface area contributed by atoms with Gasteiger partial charge in [0.05, 0.1) is 0 Å². The summed E-state index contributed by atoms with van der Waals surface area (Å²) in [5, 5.41) is 1.18. The van der Waals surface area contributed by atoms with Crippen LogP contribution in [0.1, 0.15) is 53.9 Å². The molecule has 0 aliphatic rings. The Labute approximate surface area is 99.2 Å². The average molecular weight is 192 g/mol. The van der Waals surface area contributed by atoms with Gasteiger partial charge in [-0.05, 0) is 0 Å². The molecular weight excluding hydrogens is 167 g/mol. The van der Waals surface area contributed by atoms with E-state index in [9.17, 15) is 0 Å². The van der Waals surface area contributed by atoms with Crippen LogP contribution in [-0.4, -0.2) is 29.9 Å². The Balaban J connectivity index is 4.19. The van der Waals surface area contributed by atoms with Crippen LogP contribution in [0, 0.1) is 5.41 Å². The molecule has 0 aromatic rings. The SMILES string of the molecule is [Li][CH2]C(C)(C)COC(CC)(CC)CC. The molecule has 0 radical (unpaired) electrons. The average Bonchev–Trinajstić information content (AvgIpc) is 2.21. The maximum absolute atomic E-state index is 6.13. The fourth-order valence-electron chi connectivity index (χ4n) is 1.51. The number of rotatable bonds is 7. The molecule has 0 N–H and O–H groups in total. The zero-order chi connectivity index (χ0) is 11.2. The topological polar surface area (TPSA) is 9.23 Å². The van der Waals surface area contributed by atoms with E-state index in [1.54, 1.807) is 0 Å². The van der Waals surface area contributed by atoms with Crippen LogP contribution in [-0.2, 0) is 4.74 Å². The van der Waals surface area contributed by atoms with Gasteiger partial charge in [-0.3, -0.25) is 0 Å². The zero-order valence-corrected chi connectivity index (χ0v) is 10.9. The van der Waals surface area contributed by atoms with Gasteiger partial charge in [-0.1, -0.05) is 0 Å². The summed E-state index contributed by atoms with van der Waals surface area (Å²) in [5.74, 6) is 0. The molecule has 0 saturated heterocycles. The summed E-state index contributed by atoms with van der Waals surface area (Å²) in [6.45, 7) is 12.1. The molecule has 14 heavy (non-hydrogen) atoms. The fourth-order valence-corrected chi connectivity index (χ4v) is 1.51. The van der Waals surface area contributed by atoms with E-state index in [-0.39, 0.29) is 5.60 Å². The molecule has 0 rings (SSSR count). The summed E-state index contributed by atoms with van der Waals surface area (Å²) < 4.78 is 6.13. The van der Waals surface area contributed by atoms with Crippen LogP contribution in [0.5, 0.6) is 0 Å². The first-order valence-corrected chi connectivity index (χ1v) is 6.09. The molecule has 0 aromatic heterocycles. The summed E-state index contributed by atoms with van der Waals surface area (Å²) in [4.78, 5) is 0. The van der Waals surface area contributed by atoms with Crippen molar-refractivity contribution < 1.29 is 4.74 Å². The third-order valence-electron chi connectivity index (χ3n) is 3.66. The maximum atomic E-state index is 6.13. The van der Waals surface area contributed by atoms with Crippen molar-refractivity contribution in [2.24, 2.45) is 5.41 Å². The van der Waals surface area contributed by atoms with E-state index in [4.69, 9.17) is 4.74 Å². The van der Waals surface area contributed by atoms with Crippen molar-refractivity contribution in [2.45, 2.75) is 64.6 Å². The Morgan fingerprint density at radius 2 is 1.43 bits per heavy atom. The molecule has 0 heterocycles. The van der Waals surface area contributed by atoms with E-state index in [1.165, 1.54) is 5.09 Å². The molecule has 0 atom stereocenters. The summed E-state index contributed by atoms with van der Waals surface area (Å²) in [5.41, 5.74) is 0.456. The molecule has 0 spiro atoms. The molecule has 0 aliphatic heterocycles. The standard InChI is InChI=1S/C12H25O.Li/c1-7-12(8-2,9-3)13-10-11(4,5)6;/h4,7-10H2,1-3,5-6H3;. The first-order valence-electron chi connectivity index (χ1n) is 6.09. The number of hydrogen-bond donors (Lipinski definition) is 0. The Morgan fingerprint density at radius 3 is 1.71 bits per heavy atom. The number of ether oxygens (including phenoxy) is 1.